The van der Waals surface area contributed by atoms with Crippen molar-refractivity contribution in [3.05, 3.63) is 0 Å². The van der Waals surface area contributed by atoms with Crippen LogP contribution in [-0.2, 0) is 65.4 Å². The lowest BCUT2D eigenvalue weighted by Gasteiger charge is -2.21. The molecule has 0 bridgehead atoms. The lowest BCUT2D eigenvalue weighted by Crippen LogP contribution is -2.30. The molecule has 0 radical (unpaired) electrons. The number of aliphatic hydroxyl groups is 1. The van der Waals surface area contributed by atoms with Gasteiger partial charge in [-0.25, -0.2) is 9.13 Å². The van der Waals surface area contributed by atoms with Gasteiger partial charge in [0.05, 0.1) is 26.4 Å². The highest BCUT2D eigenvalue weighted by Gasteiger charge is 2.30. The summed E-state index contributed by atoms with van der Waals surface area (Å²) in [7, 11) is -9.91. The second kappa shape index (κ2) is 68.8. The van der Waals surface area contributed by atoms with E-state index in [-0.39, 0.29) is 25.7 Å². The lowest BCUT2D eigenvalue weighted by molar-refractivity contribution is -0.161. The molecule has 0 saturated carbocycles. The number of hydrogen-bond donors (Lipinski definition) is 3. The first-order chi connectivity index (χ1) is 46.4. The van der Waals surface area contributed by atoms with Crippen LogP contribution in [0.3, 0.4) is 0 Å². The van der Waals surface area contributed by atoms with Crippen molar-refractivity contribution in [1.29, 1.82) is 0 Å². The number of carbonyl (C=O) groups is 4. The third-order valence-corrected chi connectivity index (χ3v) is 20.2. The van der Waals surface area contributed by atoms with Crippen LogP contribution in [0.4, 0.5) is 0 Å². The topological polar surface area (TPSA) is 237 Å². The summed E-state index contributed by atoms with van der Waals surface area (Å²) in [5, 5.41) is 10.6. The van der Waals surface area contributed by atoms with Gasteiger partial charge in [-0.1, -0.05) is 350 Å². The molecular formula is C77H150O17P2. The fourth-order valence-electron chi connectivity index (χ4n) is 11.8. The Balaban J connectivity index is 5.17. The highest BCUT2D eigenvalue weighted by molar-refractivity contribution is 7.47. The molecule has 0 aliphatic carbocycles. The van der Waals surface area contributed by atoms with Crippen LogP contribution >= 0.6 is 15.6 Å². The number of hydrogen-bond acceptors (Lipinski definition) is 15. The zero-order valence-electron chi connectivity index (χ0n) is 62.7. The van der Waals surface area contributed by atoms with Crippen LogP contribution < -0.4 is 0 Å². The van der Waals surface area contributed by atoms with Crippen LogP contribution in [0.15, 0.2) is 0 Å². The Morgan fingerprint density at radius 1 is 0.302 bits per heavy atom. The van der Waals surface area contributed by atoms with Crippen LogP contribution in [0.2, 0.25) is 0 Å². The Bertz CT molecular complexity index is 1860. The summed E-state index contributed by atoms with van der Waals surface area (Å²) < 4.78 is 68.4. The summed E-state index contributed by atoms with van der Waals surface area (Å²) in [6.45, 7) is 9.65. The van der Waals surface area contributed by atoms with Gasteiger partial charge in [-0.05, 0) is 37.5 Å². The van der Waals surface area contributed by atoms with E-state index in [9.17, 15) is 43.2 Å². The Morgan fingerprint density at radius 3 is 0.792 bits per heavy atom. The molecule has 96 heavy (non-hydrogen) atoms. The highest BCUT2D eigenvalue weighted by Crippen LogP contribution is 2.45. The Kier molecular flexibility index (Phi) is 67.4. The SMILES string of the molecule is CCCCCCCCCCCCCC(=O)O[C@H](COC(=O)CCCCCCCCCC)COP(=O)(O)OC[C@H](O)COP(=O)(O)OC[C@@H](COC(=O)CCCCCCCCCCCCCCC(C)C)OC(=O)CCCCCCCCCCCCCCCCCCCCC(C)CC. The highest BCUT2D eigenvalue weighted by atomic mass is 31.2. The smallest absolute Gasteiger partial charge is 0.462 e. The quantitative estimate of drug-likeness (QED) is 0.0222. The number of ether oxygens (including phenoxy) is 4. The monoisotopic (exact) mass is 1410 g/mol. The molecule has 6 atom stereocenters. The van der Waals surface area contributed by atoms with Crippen molar-refractivity contribution in [3.63, 3.8) is 0 Å². The summed E-state index contributed by atoms with van der Waals surface area (Å²) in [5.74, 6) is -0.464. The van der Waals surface area contributed by atoms with Gasteiger partial charge < -0.3 is 33.8 Å². The second-order valence-electron chi connectivity index (χ2n) is 28.5. The first-order valence-electron chi connectivity index (χ1n) is 40.0. The van der Waals surface area contributed by atoms with Gasteiger partial charge in [-0.3, -0.25) is 37.3 Å². The zero-order valence-corrected chi connectivity index (χ0v) is 64.5. The maximum Gasteiger partial charge on any atom is 0.472 e. The molecular weight excluding hydrogens is 1260 g/mol. The van der Waals surface area contributed by atoms with Crippen LogP contribution in [0.5, 0.6) is 0 Å². The molecule has 0 aromatic heterocycles. The molecule has 0 spiro atoms. The molecule has 0 rings (SSSR count). The lowest BCUT2D eigenvalue weighted by atomic mass is 9.99. The molecule has 0 heterocycles. The normalized spacial score (nSPS) is 14.3. The molecule has 0 fully saturated rings. The van der Waals surface area contributed by atoms with E-state index < -0.39 is 97.5 Å². The van der Waals surface area contributed by atoms with Crippen LogP contribution in [0.25, 0.3) is 0 Å². The molecule has 570 valence electrons. The minimum Gasteiger partial charge on any atom is -0.462 e. The largest absolute Gasteiger partial charge is 0.472 e. The van der Waals surface area contributed by atoms with Gasteiger partial charge in [-0.15, -0.1) is 0 Å². The van der Waals surface area contributed by atoms with Gasteiger partial charge in [0.1, 0.15) is 19.3 Å². The van der Waals surface area contributed by atoms with E-state index in [0.717, 1.165) is 108 Å². The fourth-order valence-corrected chi connectivity index (χ4v) is 13.4. The van der Waals surface area contributed by atoms with E-state index in [0.29, 0.717) is 25.7 Å². The van der Waals surface area contributed by atoms with Gasteiger partial charge in [-0.2, -0.15) is 0 Å². The first kappa shape index (κ1) is 94.1. The van der Waals surface area contributed by atoms with Crippen molar-refractivity contribution in [2.75, 3.05) is 39.6 Å². The minimum atomic E-state index is -4.96. The second-order valence-corrected chi connectivity index (χ2v) is 31.4. The number of esters is 4. The maximum atomic E-state index is 13.1. The summed E-state index contributed by atoms with van der Waals surface area (Å²) in [5.41, 5.74) is 0. The van der Waals surface area contributed by atoms with Gasteiger partial charge in [0, 0.05) is 25.7 Å². The number of unbranched alkanes of at least 4 members (excludes halogenated alkanes) is 45. The number of phosphoric ester groups is 2. The summed E-state index contributed by atoms with van der Waals surface area (Å²) in [6.07, 6.45) is 56.9. The van der Waals surface area contributed by atoms with E-state index in [1.54, 1.807) is 0 Å². The average Bonchev–Trinajstić information content (AvgIpc) is 1.25. The predicted molar refractivity (Wildman–Crippen MR) is 391 cm³/mol. The third-order valence-electron chi connectivity index (χ3n) is 18.3. The van der Waals surface area contributed by atoms with Gasteiger partial charge in [0.25, 0.3) is 0 Å². The van der Waals surface area contributed by atoms with Crippen molar-refractivity contribution in [2.24, 2.45) is 11.8 Å². The number of carbonyl (C=O) groups excluding carboxylic acids is 4. The number of phosphoric acid groups is 2. The summed E-state index contributed by atoms with van der Waals surface area (Å²) in [4.78, 5) is 72.7. The molecule has 17 nitrogen and oxygen atoms in total. The van der Waals surface area contributed by atoms with Crippen LogP contribution in [-0.4, -0.2) is 96.7 Å². The summed E-state index contributed by atoms with van der Waals surface area (Å²) >= 11 is 0. The molecule has 0 aromatic carbocycles. The van der Waals surface area contributed by atoms with Crippen molar-refractivity contribution >= 4 is 39.5 Å². The van der Waals surface area contributed by atoms with Crippen LogP contribution in [0, 0.1) is 11.8 Å². The van der Waals surface area contributed by atoms with E-state index >= 15 is 0 Å². The van der Waals surface area contributed by atoms with Crippen molar-refractivity contribution in [2.45, 2.75) is 419 Å². The molecule has 19 heteroatoms. The molecule has 0 amide bonds. The van der Waals surface area contributed by atoms with Gasteiger partial charge in [0.15, 0.2) is 12.2 Å². The minimum absolute atomic E-state index is 0.107. The average molecular weight is 1410 g/mol. The van der Waals surface area contributed by atoms with Gasteiger partial charge >= 0.3 is 39.5 Å². The summed E-state index contributed by atoms with van der Waals surface area (Å²) in [6, 6.07) is 0. The predicted octanol–water partition coefficient (Wildman–Crippen LogP) is 22.7. The van der Waals surface area contributed by atoms with E-state index in [1.807, 2.05) is 0 Å². The number of aliphatic hydroxyl groups excluding tert-OH is 1. The molecule has 0 aromatic rings. The molecule has 3 N–H and O–H groups in total. The Morgan fingerprint density at radius 2 is 0.531 bits per heavy atom. The number of rotatable bonds is 76. The first-order valence-corrected chi connectivity index (χ1v) is 43.0. The molecule has 0 saturated heterocycles. The van der Waals surface area contributed by atoms with Gasteiger partial charge in [0.2, 0.25) is 0 Å². The van der Waals surface area contributed by atoms with E-state index in [2.05, 4.69) is 41.5 Å². The third kappa shape index (κ3) is 69.2. The van der Waals surface area contributed by atoms with E-state index in [4.69, 9.17) is 37.0 Å². The van der Waals surface area contributed by atoms with Crippen molar-refractivity contribution in [3.8, 4) is 0 Å². The Hall–Kier alpha value is -1.94. The van der Waals surface area contributed by atoms with Crippen LogP contribution in [0.1, 0.15) is 401 Å². The molecule has 0 aliphatic heterocycles. The fraction of sp³-hybridized carbons (Fsp3) is 0.948. The van der Waals surface area contributed by atoms with Crippen molar-refractivity contribution < 1.29 is 80.2 Å². The molecule has 3 unspecified atom stereocenters. The standard InChI is InChI=1S/C77H150O17P2/c1-7-10-12-14-16-18-29-37-43-49-55-61-76(81)93-72(65-87-74(79)59-53-47-41-17-15-13-11-8-2)67-91-95(83,84)89-63-71(78)64-90-96(85,86)92-68-73(66-88-75(80)60-54-48-42-36-32-28-27-30-34-39-45-51-57-69(4)5)94-77(82)62-56-50-44-38-33-26-24-22-20-19-21-23-25-31-35-40-46-52-58-70(6)9-3/h69-73,78H,7-68H2,1-6H3,(H,83,84)(H,85,86)/t70?,71-,72+,73+/m0/s1. The van der Waals surface area contributed by atoms with E-state index in [1.165, 1.54) is 212 Å². The van der Waals surface area contributed by atoms with Crippen molar-refractivity contribution in [1.82, 2.24) is 0 Å². The Labute approximate surface area is 588 Å². The molecule has 0 aliphatic rings. The zero-order chi connectivity index (χ0) is 70.7. The maximum absolute atomic E-state index is 13.1.